The first-order valence-corrected chi connectivity index (χ1v) is 6.55. The molecule has 90 valence electrons. The number of hydrogen-bond acceptors (Lipinski definition) is 4. The first kappa shape index (κ1) is 11.0. The molecule has 3 rings (SSSR count). The average Bonchev–Trinajstić information content (AvgIpc) is 2.69. The van der Waals surface area contributed by atoms with Gasteiger partial charge in [-0.25, -0.2) is 9.50 Å². The van der Waals surface area contributed by atoms with Crippen LogP contribution in [0.1, 0.15) is 24.5 Å². The molecule has 3 N–H and O–H groups in total. The molecule has 0 aromatic carbocycles. The van der Waals surface area contributed by atoms with E-state index in [2.05, 4.69) is 37.4 Å². The molecule has 1 aliphatic heterocycles. The summed E-state index contributed by atoms with van der Waals surface area (Å²) >= 11 is 3.54. The summed E-state index contributed by atoms with van der Waals surface area (Å²) in [5.41, 5.74) is 7.99. The van der Waals surface area contributed by atoms with E-state index in [-0.39, 0.29) is 0 Å². The zero-order chi connectivity index (χ0) is 11.8. The molecule has 0 unspecified atom stereocenters. The summed E-state index contributed by atoms with van der Waals surface area (Å²) in [5.74, 6) is 1.07. The summed E-state index contributed by atoms with van der Waals surface area (Å²) in [5, 5.41) is 7.69. The fourth-order valence-corrected chi connectivity index (χ4v) is 3.06. The third-order valence-electron chi connectivity index (χ3n) is 3.32. The van der Waals surface area contributed by atoms with Crippen molar-refractivity contribution in [1.82, 2.24) is 19.9 Å². The van der Waals surface area contributed by atoms with Gasteiger partial charge in [-0.1, -0.05) is 0 Å². The van der Waals surface area contributed by atoms with Crippen molar-refractivity contribution in [1.29, 1.82) is 0 Å². The Kier molecular flexibility index (Phi) is 2.76. The largest absolute Gasteiger partial charge is 0.382 e. The first-order valence-electron chi connectivity index (χ1n) is 5.75. The number of piperidine rings is 1. The summed E-state index contributed by atoms with van der Waals surface area (Å²) in [6, 6.07) is 2.12. The summed E-state index contributed by atoms with van der Waals surface area (Å²) in [4.78, 5) is 4.03. The second-order valence-corrected chi connectivity index (χ2v) is 5.20. The van der Waals surface area contributed by atoms with Gasteiger partial charge in [-0.05, 0) is 47.9 Å². The Labute approximate surface area is 108 Å². The van der Waals surface area contributed by atoms with E-state index in [9.17, 15) is 0 Å². The number of aromatic nitrogens is 3. The highest BCUT2D eigenvalue weighted by molar-refractivity contribution is 9.10. The number of fused-ring (bicyclic) bond motifs is 1. The molecule has 0 atom stereocenters. The number of nitrogens with two attached hydrogens (primary N) is 1. The van der Waals surface area contributed by atoms with Crippen LogP contribution >= 0.6 is 15.9 Å². The lowest BCUT2D eigenvalue weighted by Gasteiger charge is -2.22. The number of hydrogen-bond donors (Lipinski definition) is 2. The van der Waals surface area contributed by atoms with Gasteiger partial charge in [-0.15, -0.1) is 0 Å². The van der Waals surface area contributed by atoms with Gasteiger partial charge in [0, 0.05) is 16.1 Å². The van der Waals surface area contributed by atoms with Gasteiger partial charge < -0.3 is 11.1 Å². The van der Waals surface area contributed by atoms with Crippen molar-refractivity contribution in [3.63, 3.8) is 0 Å². The third kappa shape index (κ3) is 1.81. The number of halogens is 1. The van der Waals surface area contributed by atoms with Crippen molar-refractivity contribution in [3.8, 4) is 0 Å². The minimum absolute atomic E-state index is 0.520. The molecule has 0 amide bonds. The van der Waals surface area contributed by atoms with E-state index in [1.165, 1.54) is 12.0 Å². The number of nitrogens with zero attached hydrogens (tertiary/aromatic N) is 3. The smallest absolute Gasteiger partial charge is 0.152 e. The van der Waals surface area contributed by atoms with Gasteiger partial charge in [0.1, 0.15) is 11.8 Å². The minimum Gasteiger partial charge on any atom is -0.382 e. The molecule has 2 aromatic heterocycles. The molecule has 0 bridgehead atoms. The van der Waals surface area contributed by atoms with E-state index in [0.717, 1.165) is 35.9 Å². The maximum Gasteiger partial charge on any atom is 0.152 e. The Morgan fingerprint density at radius 3 is 2.94 bits per heavy atom. The normalized spacial score (nSPS) is 17.7. The van der Waals surface area contributed by atoms with Gasteiger partial charge in [0.25, 0.3) is 0 Å². The summed E-state index contributed by atoms with van der Waals surface area (Å²) in [6.45, 7) is 2.13. The van der Waals surface area contributed by atoms with Crippen molar-refractivity contribution < 1.29 is 0 Å². The van der Waals surface area contributed by atoms with Gasteiger partial charge in [-0.3, -0.25) is 0 Å². The van der Waals surface area contributed by atoms with Gasteiger partial charge in [0.15, 0.2) is 5.82 Å². The van der Waals surface area contributed by atoms with Crippen LogP contribution in [0, 0.1) is 0 Å². The number of nitrogens with one attached hydrogen (secondary N) is 1. The molecule has 3 heterocycles. The summed E-state index contributed by atoms with van der Waals surface area (Å²) < 4.78 is 2.90. The predicted octanol–water partition coefficient (Wildman–Crippen LogP) is 1.54. The van der Waals surface area contributed by atoms with Gasteiger partial charge >= 0.3 is 0 Å². The molecule has 1 fully saturated rings. The Morgan fingerprint density at radius 1 is 1.41 bits per heavy atom. The number of rotatable bonds is 1. The molecule has 2 aromatic rings. The Bertz CT molecular complexity index is 544. The minimum atomic E-state index is 0.520. The lowest BCUT2D eigenvalue weighted by molar-refractivity contribution is 0.448. The van der Waals surface area contributed by atoms with Crippen LogP contribution in [0.15, 0.2) is 16.9 Å². The molecule has 6 heteroatoms. The van der Waals surface area contributed by atoms with Crippen LogP contribution in [0.3, 0.4) is 0 Å². The summed E-state index contributed by atoms with van der Waals surface area (Å²) in [6.07, 6.45) is 3.80. The van der Waals surface area contributed by atoms with Gasteiger partial charge in [0.05, 0.1) is 0 Å². The molecule has 5 nitrogen and oxygen atoms in total. The van der Waals surface area contributed by atoms with Crippen LogP contribution < -0.4 is 11.1 Å². The van der Waals surface area contributed by atoms with Crippen LogP contribution in [0.5, 0.6) is 0 Å². The second-order valence-electron chi connectivity index (χ2n) is 4.35. The maximum absolute atomic E-state index is 5.89. The van der Waals surface area contributed by atoms with Crippen LogP contribution in [-0.2, 0) is 0 Å². The van der Waals surface area contributed by atoms with Crippen molar-refractivity contribution in [2.45, 2.75) is 18.8 Å². The zero-order valence-electron chi connectivity index (χ0n) is 9.36. The Balaban J connectivity index is 2.13. The molecular weight excluding hydrogens is 282 g/mol. The van der Waals surface area contributed by atoms with Crippen LogP contribution in [0.2, 0.25) is 0 Å². The molecule has 0 saturated carbocycles. The molecular formula is C11H14BrN5. The Hall–Kier alpha value is -1.14. The summed E-state index contributed by atoms with van der Waals surface area (Å²) in [7, 11) is 0. The average molecular weight is 296 g/mol. The lowest BCUT2D eigenvalue weighted by atomic mass is 9.95. The van der Waals surface area contributed by atoms with E-state index in [1.54, 1.807) is 0 Å². The molecule has 17 heavy (non-hydrogen) atoms. The van der Waals surface area contributed by atoms with Crippen LogP contribution in [-0.4, -0.2) is 27.7 Å². The molecule has 0 aliphatic carbocycles. The quantitative estimate of drug-likeness (QED) is 0.837. The highest BCUT2D eigenvalue weighted by Crippen LogP contribution is 2.32. The molecule has 1 aliphatic rings. The number of nitrogen functional groups attached to an aromatic ring is 1. The second kappa shape index (κ2) is 4.27. The molecule has 0 spiro atoms. The van der Waals surface area contributed by atoms with E-state index >= 15 is 0 Å². The third-order valence-corrected chi connectivity index (χ3v) is 3.93. The molecule has 1 saturated heterocycles. The lowest BCUT2D eigenvalue weighted by Crippen LogP contribution is -2.27. The zero-order valence-corrected chi connectivity index (χ0v) is 10.9. The van der Waals surface area contributed by atoms with Crippen molar-refractivity contribution in [2.24, 2.45) is 0 Å². The van der Waals surface area contributed by atoms with Crippen LogP contribution in [0.25, 0.3) is 5.52 Å². The van der Waals surface area contributed by atoms with E-state index in [4.69, 9.17) is 5.73 Å². The van der Waals surface area contributed by atoms with Crippen molar-refractivity contribution in [3.05, 3.63) is 22.6 Å². The van der Waals surface area contributed by atoms with E-state index in [0.29, 0.717) is 11.7 Å². The van der Waals surface area contributed by atoms with Crippen molar-refractivity contribution >= 4 is 27.3 Å². The first-order chi connectivity index (χ1) is 8.27. The highest BCUT2D eigenvalue weighted by atomic mass is 79.9. The Morgan fingerprint density at radius 2 is 2.18 bits per heavy atom. The fourth-order valence-electron chi connectivity index (χ4n) is 2.45. The van der Waals surface area contributed by atoms with E-state index in [1.807, 2.05) is 4.52 Å². The maximum atomic E-state index is 5.89. The van der Waals surface area contributed by atoms with Gasteiger partial charge in [-0.2, -0.15) is 5.10 Å². The van der Waals surface area contributed by atoms with Crippen molar-refractivity contribution in [2.75, 3.05) is 18.8 Å². The topological polar surface area (TPSA) is 68.2 Å². The SMILES string of the molecule is Nc1ncnn2c(C3CCNCC3)cc(Br)c12. The number of anilines is 1. The highest BCUT2D eigenvalue weighted by Gasteiger charge is 2.21. The fraction of sp³-hybridized carbons (Fsp3) is 0.455. The van der Waals surface area contributed by atoms with Gasteiger partial charge in [0.2, 0.25) is 0 Å². The molecule has 0 radical (unpaired) electrons. The van der Waals surface area contributed by atoms with Crippen LogP contribution in [0.4, 0.5) is 5.82 Å². The standard InChI is InChI=1S/C11H14BrN5/c12-8-5-9(7-1-3-14-4-2-7)17-10(8)11(13)15-6-16-17/h5-7,14H,1-4H2,(H2,13,15,16). The predicted molar refractivity (Wildman–Crippen MR) is 69.9 cm³/mol. The monoisotopic (exact) mass is 295 g/mol. The van der Waals surface area contributed by atoms with E-state index < -0.39 is 0 Å².